The number of carbonyl (C=O) groups excluding carboxylic acids is 3. The zero-order valence-corrected chi connectivity index (χ0v) is 9.32. The Balaban J connectivity index is -0.0000000755. The van der Waals surface area contributed by atoms with Crippen LogP contribution in [0.4, 0.5) is 0 Å². The number of hydrogen-bond donors (Lipinski definition) is 0. The Labute approximate surface area is 102 Å². The summed E-state index contributed by atoms with van der Waals surface area (Å²) in [5, 5.41) is 0. The van der Waals surface area contributed by atoms with Crippen LogP contribution in [0, 0.1) is 0 Å². The van der Waals surface area contributed by atoms with Gasteiger partial charge in [0.15, 0.2) is 0 Å². The van der Waals surface area contributed by atoms with E-state index in [1.165, 1.54) is 25.7 Å². The zero-order chi connectivity index (χ0) is 11.7. The van der Waals surface area contributed by atoms with Gasteiger partial charge in [0.05, 0.1) is 0 Å². The van der Waals surface area contributed by atoms with Gasteiger partial charge in [-0.25, -0.2) is 0 Å². The smallest absolute Gasteiger partial charge is 0.281 e. The first-order chi connectivity index (χ1) is 7.00. The summed E-state index contributed by atoms with van der Waals surface area (Å²) in [5.74, 6) is 0. The molecule has 0 saturated carbocycles. The Morgan fingerprint density at radius 1 is 0.533 bits per heavy atom. The summed E-state index contributed by atoms with van der Waals surface area (Å²) in [6.45, 7) is 13.5. The van der Waals surface area contributed by atoms with Crippen LogP contribution in [0.1, 0.15) is 25.7 Å². The van der Waals surface area contributed by atoms with E-state index in [-0.39, 0.29) is 17.1 Å². The SMILES string of the molecule is C1=C\CC/C=C\CC/1.[C]=O.[C]=O.[C]=O.[Fe]. The molecule has 0 bridgehead atoms. The molecule has 1 rings (SSSR count). The topological polar surface area (TPSA) is 51.2 Å². The second-order valence-corrected chi connectivity index (χ2v) is 2.10. The van der Waals surface area contributed by atoms with Crippen molar-refractivity contribution in [2.75, 3.05) is 0 Å². The molecule has 0 fully saturated rings. The minimum atomic E-state index is 0. The zero-order valence-electron chi connectivity index (χ0n) is 8.22. The van der Waals surface area contributed by atoms with Gasteiger partial charge in [0, 0.05) is 17.1 Å². The molecule has 0 aromatic heterocycles. The Morgan fingerprint density at radius 3 is 0.800 bits per heavy atom. The molecular formula is C11H12FeO3. The molecule has 0 aromatic carbocycles. The van der Waals surface area contributed by atoms with Crippen LogP contribution < -0.4 is 0 Å². The molecule has 0 heterocycles. The Morgan fingerprint density at radius 2 is 0.667 bits per heavy atom. The minimum absolute atomic E-state index is 0. The Kier molecular flexibility index (Phi) is 60.3. The van der Waals surface area contributed by atoms with Crippen LogP contribution in [0.5, 0.6) is 0 Å². The van der Waals surface area contributed by atoms with E-state index in [2.05, 4.69) is 44.7 Å². The number of rotatable bonds is 0. The van der Waals surface area contributed by atoms with Gasteiger partial charge < -0.3 is 0 Å². The molecule has 1 aliphatic carbocycles. The predicted molar refractivity (Wildman–Crippen MR) is 53.8 cm³/mol. The summed E-state index contributed by atoms with van der Waals surface area (Å²) in [4.78, 5) is 22.5. The quantitative estimate of drug-likeness (QED) is 0.482. The fourth-order valence-corrected chi connectivity index (χ4v) is 0.856. The molecule has 0 atom stereocenters. The van der Waals surface area contributed by atoms with Gasteiger partial charge in [0.1, 0.15) is 0 Å². The van der Waals surface area contributed by atoms with Crippen LogP contribution >= 0.6 is 0 Å². The van der Waals surface area contributed by atoms with Gasteiger partial charge >= 0.3 is 0 Å². The molecule has 15 heavy (non-hydrogen) atoms. The second kappa shape index (κ2) is 38.2. The first-order valence-electron chi connectivity index (χ1n) is 3.91. The fraction of sp³-hybridized carbons (Fsp3) is 0.364. The third-order valence-corrected chi connectivity index (χ3v) is 1.33. The number of allylic oxidation sites excluding steroid dienone is 4. The van der Waals surface area contributed by atoms with Gasteiger partial charge in [0.2, 0.25) is 0 Å². The van der Waals surface area contributed by atoms with Gasteiger partial charge in [-0.15, -0.1) is 0 Å². The van der Waals surface area contributed by atoms with Crippen molar-refractivity contribution in [3.63, 3.8) is 0 Å². The third-order valence-electron chi connectivity index (χ3n) is 1.33. The van der Waals surface area contributed by atoms with Crippen molar-refractivity contribution in [2.24, 2.45) is 0 Å². The molecule has 0 aliphatic heterocycles. The van der Waals surface area contributed by atoms with Crippen LogP contribution in [0.2, 0.25) is 0 Å². The normalized spacial score (nSPS) is 15.7. The largest absolute Gasteiger partial charge is 0.281 e. The monoisotopic (exact) mass is 248 g/mol. The summed E-state index contributed by atoms with van der Waals surface area (Å²) in [5.41, 5.74) is 0. The van der Waals surface area contributed by atoms with E-state index in [1.807, 2.05) is 0 Å². The molecule has 82 valence electrons. The molecule has 1 aliphatic rings. The molecule has 3 nitrogen and oxygen atoms in total. The van der Waals surface area contributed by atoms with Crippen molar-refractivity contribution >= 4 is 20.4 Å². The Hall–Kier alpha value is -0.991. The molecule has 0 spiro atoms. The van der Waals surface area contributed by atoms with E-state index in [4.69, 9.17) is 14.4 Å². The molecule has 0 aromatic rings. The van der Waals surface area contributed by atoms with E-state index >= 15 is 0 Å². The first kappa shape index (κ1) is 23.7. The minimum Gasteiger partial charge on any atom is -0.281 e. The van der Waals surface area contributed by atoms with Crippen molar-refractivity contribution in [3.8, 4) is 0 Å². The second-order valence-electron chi connectivity index (χ2n) is 2.10. The van der Waals surface area contributed by atoms with Crippen molar-refractivity contribution in [3.05, 3.63) is 24.3 Å². The third kappa shape index (κ3) is 32.1. The molecule has 0 amide bonds. The maximum atomic E-state index is 7.50. The molecular weight excluding hydrogens is 236 g/mol. The Bertz CT molecular complexity index is 116. The van der Waals surface area contributed by atoms with Gasteiger partial charge in [-0.1, -0.05) is 24.3 Å². The maximum absolute atomic E-state index is 7.50. The first-order valence-corrected chi connectivity index (χ1v) is 3.91. The summed E-state index contributed by atoms with van der Waals surface area (Å²) in [6, 6.07) is 0. The van der Waals surface area contributed by atoms with Crippen LogP contribution in [-0.2, 0) is 31.5 Å². The van der Waals surface area contributed by atoms with Crippen molar-refractivity contribution in [1.29, 1.82) is 0 Å². The van der Waals surface area contributed by atoms with Gasteiger partial charge in [-0.2, -0.15) is 0 Å². The van der Waals surface area contributed by atoms with E-state index in [9.17, 15) is 0 Å². The summed E-state index contributed by atoms with van der Waals surface area (Å²) in [7, 11) is 0. The van der Waals surface area contributed by atoms with Crippen LogP contribution in [0.3, 0.4) is 0 Å². The molecule has 0 unspecified atom stereocenters. The molecule has 0 saturated heterocycles. The van der Waals surface area contributed by atoms with Gasteiger partial charge in [-0.3, -0.25) is 14.4 Å². The average Bonchev–Trinajstić information content (AvgIpc) is 2.26. The van der Waals surface area contributed by atoms with E-state index in [0.717, 1.165) is 0 Å². The van der Waals surface area contributed by atoms with Crippen LogP contribution in [-0.4, -0.2) is 20.4 Å². The van der Waals surface area contributed by atoms with E-state index < -0.39 is 0 Å². The van der Waals surface area contributed by atoms with Crippen molar-refractivity contribution < 1.29 is 31.5 Å². The summed E-state index contributed by atoms with van der Waals surface area (Å²) in [6.07, 6.45) is 14.0. The molecule has 0 N–H and O–H groups in total. The average molecular weight is 248 g/mol. The maximum Gasteiger partial charge on any atom is 0.281 e. The van der Waals surface area contributed by atoms with Crippen LogP contribution in [0.15, 0.2) is 24.3 Å². The summed E-state index contributed by atoms with van der Waals surface area (Å²) < 4.78 is 0. The van der Waals surface area contributed by atoms with Crippen molar-refractivity contribution in [2.45, 2.75) is 25.7 Å². The van der Waals surface area contributed by atoms with Gasteiger partial charge in [-0.05, 0) is 25.7 Å². The predicted octanol–water partition coefficient (Wildman–Crippen LogP) is 1.48. The van der Waals surface area contributed by atoms with Crippen LogP contribution in [0.25, 0.3) is 0 Å². The van der Waals surface area contributed by atoms with E-state index in [0.29, 0.717) is 0 Å². The van der Waals surface area contributed by atoms with Crippen molar-refractivity contribution in [1.82, 2.24) is 0 Å². The van der Waals surface area contributed by atoms with Gasteiger partial charge in [0.25, 0.3) is 20.4 Å². The fourth-order valence-electron chi connectivity index (χ4n) is 0.856. The molecule has 6 radical (unpaired) electrons. The standard InChI is InChI=1S/C8H12.3CO.Fe/c1-2-4-6-8-7-5-3-1;3*1-2;/h1-2,7-8H,3-6H2;;;;/b2-1-,8-7-;;;;. The number of hydrogen-bond acceptors (Lipinski definition) is 3. The van der Waals surface area contributed by atoms with E-state index in [1.54, 1.807) is 0 Å². The summed E-state index contributed by atoms with van der Waals surface area (Å²) >= 11 is 0. The molecule has 4 heteroatoms.